The Morgan fingerprint density at radius 3 is 2.33 bits per heavy atom. The van der Waals surface area contributed by atoms with Gasteiger partial charge in [0.2, 0.25) is 11.8 Å². The van der Waals surface area contributed by atoms with E-state index < -0.39 is 0 Å². The molecule has 0 fully saturated rings. The van der Waals surface area contributed by atoms with Crippen LogP contribution in [0.3, 0.4) is 0 Å². The quantitative estimate of drug-likeness (QED) is 0.635. The third-order valence-electron chi connectivity index (χ3n) is 3.21. The monoisotopic (exact) mass is 408 g/mol. The molecule has 0 atom stereocenters. The summed E-state index contributed by atoms with van der Waals surface area (Å²) in [5.74, 6) is 0.761. The van der Waals surface area contributed by atoms with Crippen molar-refractivity contribution in [2.75, 3.05) is 19.0 Å². The largest absolute Gasteiger partial charge is 0.423 e. The van der Waals surface area contributed by atoms with Crippen LogP contribution in [-0.2, 0) is 7.05 Å². The van der Waals surface area contributed by atoms with Gasteiger partial charge in [-0.25, -0.2) is 4.68 Å². The molecule has 0 aliphatic carbocycles. The van der Waals surface area contributed by atoms with Crippen LogP contribution in [-0.4, -0.2) is 38.8 Å². The fraction of sp³-hybridized carbons (Fsp3) is 0.188. The van der Waals surface area contributed by atoms with Crippen molar-refractivity contribution in [2.45, 2.75) is 0 Å². The molecule has 9 nitrogen and oxygen atoms in total. The maximum absolute atomic E-state index is 11.4. The highest BCUT2D eigenvalue weighted by Crippen LogP contribution is 2.31. The van der Waals surface area contributed by atoms with E-state index in [9.17, 15) is 4.79 Å². The van der Waals surface area contributed by atoms with Crippen molar-refractivity contribution >= 4 is 29.2 Å². The van der Waals surface area contributed by atoms with E-state index in [4.69, 9.17) is 32.7 Å². The first kappa shape index (κ1) is 18.9. The van der Waals surface area contributed by atoms with E-state index in [1.165, 1.54) is 25.2 Å². The molecule has 0 spiro atoms. The van der Waals surface area contributed by atoms with Gasteiger partial charge in [0.15, 0.2) is 0 Å². The van der Waals surface area contributed by atoms with Gasteiger partial charge in [-0.1, -0.05) is 23.2 Å². The van der Waals surface area contributed by atoms with Crippen molar-refractivity contribution in [1.29, 1.82) is 0 Å². The van der Waals surface area contributed by atoms with Gasteiger partial charge in [0.1, 0.15) is 5.75 Å². The van der Waals surface area contributed by atoms with E-state index in [1.54, 1.807) is 31.1 Å². The molecule has 2 heterocycles. The van der Waals surface area contributed by atoms with Gasteiger partial charge >= 0.3 is 12.0 Å². The van der Waals surface area contributed by atoms with Gasteiger partial charge in [-0.3, -0.25) is 4.79 Å². The number of rotatable bonds is 5. The topological polar surface area (TPSA) is 95.3 Å². The van der Waals surface area contributed by atoms with Gasteiger partial charge in [-0.2, -0.15) is 9.97 Å². The Bertz CT molecular complexity index is 1040. The molecule has 0 amide bonds. The van der Waals surface area contributed by atoms with Crippen LogP contribution >= 0.6 is 23.2 Å². The molecule has 0 saturated carbocycles. The van der Waals surface area contributed by atoms with Crippen molar-refractivity contribution in [2.24, 2.45) is 7.05 Å². The smallest absolute Gasteiger partial charge is 0.331 e. The van der Waals surface area contributed by atoms with Crippen LogP contribution in [0.5, 0.6) is 23.7 Å². The molecule has 0 saturated heterocycles. The SMILES string of the molecule is CN(C)c1nc(Oc2ccc(=O)n(C)n2)nc(Oc2ccc(Cl)cc2Cl)n1. The molecule has 11 heteroatoms. The summed E-state index contributed by atoms with van der Waals surface area (Å²) in [4.78, 5) is 25.6. The summed E-state index contributed by atoms with van der Waals surface area (Å²) in [5, 5.41) is 4.75. The predicted molar refractivity (Wildman–Crippen MR) is 100 cm³/mol. The number of hydrogen-bond acceptors (Lipinski definition) is 8. The summed E-state index contributed by atoms with van der Waals surface area (Å²) in [5.41, 5.74) is -0.270. The second-order valence-electron chi connectivity index (χ2n) is 5.51. The number of anilines is 1. The van der Waals surface area contributed by atoms with Crippen LogP contribution < -0.4 is 19.9 Å². The van der Waals surface area contributed by atoms with Gasteiger partial charge < -0.3 is 14.4 Å². The van der Waals surface area contributed by atoms with E-state index in [0.29, 0.717) is 21.7 Å². The Labute approximate surface area is 164 Å². The van der Waals surface area contributed by atoms with Crippen LogP contribution in [0.2, 0.25) is 10.0 Å². The van der Waals surface area contributed by atoms with E-state index in [-0.39, 0.29) is 23.5 Å². The van der Waals surface area contributed by atoms with Crippen molar-refractivity contribution < 1.29 is 9.47 Å². The summed E-state index contributed by atoms with van der Waals surface area (Å²) in [6.07, 6.45) is 0. The Hall–Kier alpha value is -2.91. The lowest BCUT2D eigenvalue weighted by molar-refractivity contribution is 0.381. The van der Waals surface area contributed by atoms with E-state index in [1.807, 2.05) is 0 Å². The second kappa shape index (κ2) is 7.77. The third-order valence-corrected chi connectivity index (χ3v) is 3.74. The maximum atomic E-state index is 11.4. The Morgan fingerprint density at radius 1 is 1.00 bits per heavy atom. The van der Waals surface area contributed by atoms with Crippen molar-refractivity contribution in [1.82, 2.24) is 24.7 Å². The number of halogens is 2. The molecule has 27 heavy (non-hydrogen) atoms. The van der Waals surface area contributed by atoms with E-state index in [0.717, 1.165) is 4.68 Å². The van der Waals surface area contributed by atoms with Crippen LogP contribution in [0.25, 0.3) is 0 Å². The molecule has 0 aliphatic rings. The lowest BCUT2D eigenvalue weighted by Gasteiger charge is -2.13. The highest BCUT2D eigenvalue weighted by Gasteiger charge is 2.14. The van der Waals surface area contributed by atoms with Crippen molar-refractivity contribution in [3.63, 3.8) is 0 Å². The molecule has 2 aromatic heterocycles. The van der Waals surface area contributed by atoms with Gasteiger partial charge in [0.25, 0.3) is 5.56 Å². The van der Waals surface area contributed by atoms with Crippen LogP contribution in [0.1, 0.15) is 0 Å². The molecule has 1 aromatic carbocycles. The number of ether oxygens (including phenoxy) is 2. The molecule has 0 unspecified atom stereocenters. The zero-order chi connectivity index (χ0) is 19.6. The zero-order valence-electron chi connectivity index (χ0n) is 14.6. The Balaban J connectivity index is 1.94. The maximum Gasteiger partial charge on any atom is 0.331 e. The average molecular weight is 409 g/mol. The average Bonchev–Trinajstić information content (AvgIpc) is 2.60. The molecule has 0 radical (unpaired) electrons. The second-order valence-corrected chi connectivity index (χ2v) is 6.35. The van der Waals surface area contributed by atoms with Crippen LogP contribution in [0.15, 0.2) is 35.1 Å². The molecule has 0 N–H and O–H groups in total. The summed E-state index contributed by atoms with van der Waals surface area (Å²) >= 11 is 12.0. The van der Waals surface area contributed by atoms with E-state index >= 15 is 0 Å². The minimum absolute atomic E-state index is 0.0299. The number of aromatic nitrogens is 5. The van der Waals surface area contributed by atoms with Gasteiger partial charge in [-0.05, 0) is 18.2 Å². The Morgan fingerprint density at radius 2 is 1.70 bits per heavy atom. The zero-order valence-corrected chi connectivity index (χ0v) is 16.1. The predicted octanol–water partition coefficient (Wildman–Crippen LogP) is 2.92. The molecule has 0 bridgehead atoms. The number of benzene rings is 1. The minimum Gasteiger partial charge on any atom is -0.423 e. The molecule has 140 valence electrons. The molecule has 3 rings (SSSR count). The van der Waals surface area contributed by atoms with Gasteiger partial charge in [-0.15, -0.1) is 10.1 Å². The Kier molecular flexibility index (Phi) is 5.43. The molecule has 0 aliphatic heterocycles. The van der Waals surface area contributed by atoms with Gasteiger partial charge in [0, 0.05) is 38.3 Å². The molecule has 3 aromatic rings. The van der Waals surface area contributed by atoms with Crippen molar-refractivity contribution in [3.8, 4) is 23.7 Å². The fourth-order valence-electron chi connectivity index (χ4n) is 1.90. The lowest BCUT2D eigenvalue weighted by atomic mass is 10.3. The highest BCUT2D eigenvalue weighted by atomic mass is 35.5. The summed E-state index contributed by atoms with van der Waals surface area (Å²) in [7, 11) is 5.01. The first-order valence-electron chi connectivity index (χ1n) is 7.60. The lowest BCUT2D eigenvalue weighted by Crippen LogP contribution is -2.18. The molecular formula is C16H14Cl2N6O3. The summed E-state index contributed by atoms with van der Waals surface area (Å²) in [6.45, 7) is 0. The fourth-order valence-corrected chi connectivity index (χ4v) is 2.35. The number of aryl methyl sites for hydroxylation is 1. The normalized spacial score (nSPS) is 10.6. The molecular weight excluding hydrogens is 395 g/mol. The first-order valence-corrected chi connectivity index (χ1v) is 8.36. The summed E-state index contributed by atoms with van der Waals surface area (Å²) < 4.78 is 12.3. The minimum atomic E-state index is -0.270. The third kappa shape index (κ3) is 4.63. The van der Waals surface area contributed by atoms with Crippen LogP contribution in [0, 0.1) is 0 Å². The summed E-state index contributed by atoms with van der Waals surface area (Å²) in [6, 6.07) is 7.41. The van der Waals surface area contributed by atoms with E-state index in [2.05, 4.69) is 20.1 Å². The van der Waals surface area contributed by atoms with Crippen molar-refractivity contribution in [3.05, 3.63) is 50.7 Å². The van der Waals surface area contributed by atoms with Crippen LogP contribution in [0.4, 0.5) is 5.95 Å². The standard InChI is InChI=1S/C16H14Cl2N6O3/c1-23(2)14-19-15(26-11-5-4-9(17)8-10(11)18)21-16(20-14)27-12-6-7-13(25)24(3)22-12/h4-8H,1-3H3. The number of nitrogens with zero attached hydrogens (tertiary/aromatic N) is 6. The highest BCUT2D eigenvalue weighted by molar-refractivity contribution is 6.35. The number of hydrogen-bond donors (Lipinski definition) is 0. The van der Waals surface area contributed by atoms with Gasteiger partial charge in [0.05, 0.1) is 5.02 Å². The first-order chi connectivity index (χ1) is 12.8.